The van der Waals surface area contributed by atoms with Crippen LogP contribution in [0.1, 0.15) is 5.56 Å². The third kappa shape index (κ3) is 4.27. The summed E-state index contributed by atoms with van der Waals surface area (Å²) in [6.07, 6.45) is 0. The van der Waals surface area contributed by atoms with Crippen molar-refractivity contribution in [3.05, 3.63) is 33.8 Å². The average molecular weight is 302 g/mol. The van der Waals surface area contributed by atoms with Gasteiger partial charge in [0, 0.05) is 30.2 Å². The van der Waals surface area contributed by atoms with Gasteiger partial charge in [0.1, 0.15) is 0 Å². The molecule has 1 N–H and O–H groups in total. The van der Waals surface area contributed by atoms with Gasteiger partial charge in [-0.05, 0) is 17.7 Å². The van der Waals surface area contributed by atoms with Gasteiger partial charge in [-0.2, -0.15) is 0 Å². The molecule has 104 valence electrons. The zero-order valence-electron chi connectivity index (χ0n) is 10.8. The summed E-state index contributed by atoms with van der Waals surface area (Å²) in [7, 11) is 2.02. The summed E-state index contributed by atoms with van der Waals surface area (Å²) in [6.45, 7) is 3.66. The molecule has 1 aliphatic heterocycles. The maximum absolute atomic E-state index is 6.06. The summed E-state index contributed by atoms with van der Waals surface area (Å²) in [6, 6.07) is 5.42. The van der Waals surface area contributed by atoms with Crippen molar-refractivity contribution in [1.82, 2.24) is 10.2 Å². The summed E-state index contributed by atoms with van der Waals surface area (Å²) in [5.41, 5.74) is 0.946. The summed E-state index contributed by atoms with van der Waals surface area (Å²) in [4.78, 5) is 6.43. The third-order valence-corrected chi connectivity index (χ3v) is 3.45. The van der Waals surface area contributed by atoms with Crippen molar-refractivity contribution in [3.63, 3.8) is 0 Å². The normalized spacial score (nSPS) is 14.7. The number of halogens is 2. The number of hydrogen-bond donors (Lipinski definition) is 1. The van der Waals surface area contributed by atoms with E-state index in [-0.39, 0.29) is 0 Å². The van der Waals surface area contributed by atoms with E-state index in [1.807, 2.05) is 19.2 Å². The van der Waals surface area contributed by atoms with Gasteiger partial charge in [0.2, 0.25) is 0 Å². The van der Waals surface area contributed by atoms with E-state index >= 15 is 0 Å². The molecule has 1 aromatic rings. The van der Waals surface area contributed by atoms with Crippen molar-refractivity contribution in [2.24, 2.45) is 4.99 Å². The van der Waals surface area contributed by atoms with Crippen LogP contribution in [0.3, 0.4) is 0 Å². The number of benzene rings is 1. The van der Waals surface area contributed by atoms with E-state index in [4.69, 9.17) is 27.9 Å². The number of aliphatic imine (C=N–C) groups is 1. The Balaban J connectivity index is 1.66. The molecule has 0 atom stereocenters. The smallest absolute Gasteiger partial charge is 0.193 e. The Kier molecular flexibility index (Phi) is 5.31. The second kappa shape index (κ2) is 6.98. The molecule has 2 rings (SSSR count). The number of nitrogens with one attached hydrogen (secondary N) is 1. The molecule has 0 saturated heterocycles. The predicted octanol–water partition coefficient (Wildman–Crippen LogP) is 2.40. The van der Waals surface area contributed by atoms with Crippen LogP contribution in [0.4, 0.5) is 0 Å². The zero-order valence-corrected chi connectivity index (χ0v) is 12.3. The Morgan fingerprint density at radius 1 is 1.42 bits per heavy atom. The Labute approximate surface area is 123 Å². The van der Waals surface area contributed by atoms with Gasteiger partial charge >= 0.3 is 0 Å². The van der Waals surface area contributed by atoms with Crippen molar-refractivity contribution in [1.29, 1.82) is 0 Å². The number of rotatable bonds is 5. The van der Waals surface area contributed by atoms with Crippen molar-refractivity contribution < 1.29 is 4.74 Å². The maximum atomic E-state index is 6.06. The second-order valence-corrected chi connectivity index (χ2v) is 5.19. The molecular weight excluding hydrogens is 285 g/mol. The quantitative estimate of drug-likeness (QED) is 0.849. The molecule has 0 fully saturated rings. The number of guanidine groups is 1. The fourth-order valence-corrected chi connectivity index (χ4v) is 2.24. The topological polar surface area (TPSA) is 36.9 Å². The van der Waals surface area contributed by atoms with Crippen LogP contribution < -0.4 is 5.32 Å². The molecule has 0 amide bonds. The average Bonchev–Trinajstić information content (AvgIpc) is 2.77. The molecule has 0 saturated carbocycles. The Morgan fingerprint density at radius 3 is 2.95 bits per heavy atom. The van der Waals surface area contributed by atoms with Crippen molar-refractivity contribution in [2.75, 3.05) is 33.3 Å². The highest BCUT2D eigenvalue weighted by Crippen LogP contribution is 2.21. The first kappa shape index (κ1) is 14.4. The lowest BCUT2D eigenvalue weighted by atomic mass is 10.2. The molecule has 0 unspecified atom stereocenters. The van der Waals surface area contributed by atoms with E-state index in [1.54, 1.807) is 6.07 Å². The lowest BCUT2D eigenvalue weighted by Gasteiger charge is -2.15. The van der Waals surface area contributed by atoms with Crippen LogP contribution in [0.15, 0.2) is 23.2 Å². The molecular formula is C13H17Cl2N3O. The summed E-state index contributed by atoms with van der Waals surface area (Å²) < 4.78 is 5.57. The predicted molar refractivity (Wildman–Crippen MR) is 79.1 cm³/mol. The molecule has 0 bridgehead atoms. The minimum Gasteiger partial charge on any atom is -0.375 e. The Bertz CT molecular complexity index is 465. The van der Waals surface area contributed by atoms with Gasteiger partial charge in [-0.15, -0.1) is 0 Å². The van der Waals surface area contributed by atoms with E-state index in [0.29, 0.717) is 23.3 Å². The van der Waals surface area contributed by atoms with Gasteiger partial charge < -0.3 is 15.0 Å². The second-order valence-electron chi connectivity index (χ2n) is 4.34. The van der Waals surface area contributed by atoms with Crippen molar-refractivity contribution >= 4 is 29.2 Å². The van der Waals surface area contributed by atoms with E-state index in [2.05, 4.69) is 15.2 Å². The highest BCUT2D eigenvalue weighted by atomic mass is 35.5. The molecule has 0 aromatic heterocycles. The SMILES string of the molecule is CN1CCN=C1NCCOCc1ccc(Cl)cc1Cl. The fraction of sp³-hybridized carbons (Fsp3) is 0.462. The minimum absolute atomic E-state index is 0.486. The third-order valence-electron chi connectivity index (χ3n) is 2.86. The monoisotopic (exact) mass is 301 g/mol. The summed E-state index contributed by atoms with van der Waals surface area (Å²) in [5.74, 6) is 0.938. The molecule has 1 aliphatic rings. The molecule has 1 heterocycles. The van der Waals surface area contributed by atoms with Gasteiger partial charge in [0.15, 0.2) is 5.96 Å². The molecule has 6 heteroatoms. The largest absolute Gasteiger partial charge is 0.375 e. The van der Waals surface area contributed by atoms with Crippen LogP contribution in [0.5, 0.6) is 0 Å². The van der Waals surface area contributed by atoms with Gasteiger partial charge in [-0.1, -0.05) is 29.3 Å². The minimum atomic E-state index is 0.486. The first-order valence-corrected chi connectivity index (χ1v) is 6.93. The maximum Gasteiger partial charge on any atom is 0.193 e. The number of nitrogens with zero attached hydrogens (tertiary/aromatic N) is 2. The molecule has 0 radical (unpaired) electrons. The van der Waals surface area contributed by atoms with Crippen LogP contribution in [0, 0.1) is 0 Å². The van der Waals surface area contributed by atoms with E-state index in [9.17, 15) is 0 Å². The molecule has 0 spiro atoms. The number of ether oxygens (including phenoxy) is 1. The van der Waals surface area contributed by atoms with Crippen LogP contribution in [-0.2, 0) is 11.3 Å². The molecule has 4 nitrogen and oxygen atoms in total. The zero-order chi connectivity index (χ0) is 13.7. The first-order chi connectivity index (χ1) is 9.16. The lowest BCUT2D eigenvalue weighted by Crippen LogP contribution is -2.37. The number of likely N-dealkylation sites (N-methyl/N-ethyl adjacent to an activating group) is 1. The molecule has 19 heavy (non-hydrogen) atoms. The van der Waals surface area contributed by atoms with Crippen LogP contribution in [-0.4, -0.2) is 44.1 Å². The molecule has 0 aliphatic carbocycles. The van der Waals surface area contributed by atoms with Gasteiger partial charge in [0.25, 0.3) is 0 Å². The van der Waals surface area contributed by atoms with Crippen LogP contribution >= 0.6 is 23.2 Å². The van der Waals surface area contributed by atoms with E-state index in [1.165, 1.54) is 0 Å². The highest BCUT2D eigenvalue weighted by molar-refractivity contribution is 6.35. The number of hydrogen-bond acceptors (Lipinski definition) is 4. The summed E-state index contributed by atoms with van der Waals surface area (Å²) in [5, 5.41) is 4.51. The Morgan fingerprint density at radius 2 is 2.26 bits per heavy atom. The van der Waals surface area contributed by atoms with Crippen LogP contribution in [0.25, 0.3) is 0 Å². The van der Waals surface area contributed by atoms with Gasteiger partial charge in [-0.25, -0.2) is 0 Å². The summed E-state index contributed by atoms with van der Waals surface area (Å²) >= 11 is 11.9. The van der Waals surface area contributed by atoms with Crippen molar-refractivity contribution in [3.8, 4) is 0 Å². The van der Waals surface area contributed by atoms with Crippen molar-refractivity contribution in [2.45, 2.75) is 6.61 Å². The fourth-order valence-electron chi connectivity index (χ4n) is 1.78. The van der Waals surface area contributed by atoms with Crippen LogP contribution in [0.2, 0.25) is 10.0 Å². The standard InChI is InChI=1S/C13H17Cl2N3O/c1-18-6-4-16-13(18)17-5-7-19-9-10-2-3-11(14)8-12(10)15/h2-3,8H,4-7,9H2,1H3,(H,16,17). The first-order valence-electron chi connectivity index (χ1n) is 6.18. The highest BCUT2D eigenvalue weighted by Gasteiger charge is 2.10. The van der Waals surface area contributed by atoms with Gasteiger partial charge in [0.05, 0.1) is 19.8 Å². The van der Waals surface area contributed by atoms with Gasteiger partial charge in [-0.3, -0.25) is 4.99 Å². The van der Waals surface area contributed by atoms with E-state index < -0.39 is 0 Å². The lowest BCUT2D eigenvalue weighted by molar-refractivity contribution is 0.125. The Hall–Kier alpha value is -0.970. The molecule has 1 aromatic carbocycles. The van der Waals surface area contributed by atoms with E-state index in [0.717, 1.165) is 31.2 Å².